The summed E-state index contributed by atoms with van der Waals surface area (Å²) in [6, 6.07) is 0. The van der Waals surface area contributed by atoms with E-state index in [-0.39, 0.29) is 0 Å². The maximum absolute atomic E-state index is 10.2. The van der Waals surface area contributed by atoms with Crippen LogP contribution in [-0.2, 0) is 0 Å². The Morgan fingerprint density at radius 2 is 1.95 bits per heavy atom. The molecule has 0 bridgehead atoms. The van der Waals surface area contributed by atoms with Crippen LogP contribution in [0.3, 0.4) is 0 Å². The van der Waals surface area contributed by atoms with E-state index in [0.717, 1.165) is 36.1 Å². The van der Waals surface area contributed by atoms with Crippen molar-refractivity contribution in [3.05, 3.63) is 48.5 Å². The van der Waals surface area contributed by atoms with Crippen molar-refractivity contribution < 1.29 is 5.11 Å². The third-order valence-electron chi connectivity index (χ3n) is 4.14. The molecule has 1 N–H and O–H groups in total. The smallest absolute Gasteiger partial charge is 0.147 e. The molecule has 4 heteroatoms. The predicted molar refractivity (Wildman–Crippen MR) is 84.9 cm³/mol. The summed E-state index contributed by atoms with van der Waals surface area (Å²) in [7, 11) is 0. The lowest BCUT2D eigenvalue weighted by molar-refractivity contribution is 0.280. The topological polar surface area (TPSA) is 49.2 Å². The molecule has 1 aromatic rings. The number of anilines is 1. The molecule has 3 rings (SSSR count). The molecule has 1 fully saturated rings. The lowest BCUT2D eigenvalue weighted by atomic mass is 9.99. The van der Waals surface area contributed by atoms with Gasteiger partial charge in [0.25, 0.3) is 0 Å². The molecule has 0 saturated carbocycles. The third kappa shape index (κ3) is 3.22. The van der Waals surface area contributed by atoms with E-state index in [1.54, 1.807) is 12.3 Å². The number of aliphatic hydroxyl groups is 1. The Kier molecular flexibility index (Phi) is 4.15. The molecular weight excluding hydrogens is 262 g/mol. The zero-order valence-corrected chi connectivity index (χ0v) is 12.3. The second-order valence-electron chi connectivity index (χ2n) is 5.77. The van der Waals surface area contributed by atoms with E-state index in [0.29, 0.717) is 0 Å². The van der Waals surface area contributed by atoms with Gasteiger partial charge in [-0.05, 0) is 18.8 Å². The lowest BCUT2D eigenvalue weighted by Crippen LogP contribution is -2.33. The van der Waals surface area contributed by atoms with E-state index >= 15 is 0 Å². The van der Waals surface area contributed by atoms with Gasteiger partial charge in [0.15, 0.2) is 0 Å². The summed E-state index contributed by atoms with van der Waals surface area (Å²) in [5.74, 6) is 1.70. The monoisotopic (exact) mass is 283 g/mol. The number of aliphatic hydroxyl groups excluding tert-OH is 1. The van der Waals surface area contributed by atoms with Crippen LogP contribution in [0.4, 0.5) is 5.82 Å². The first-order valence-electron chi connectivity index (χ1n) is 7.54. The molecule has 1 aliphatic heterocycles. The Morgan fingerprint density at radius 3 is 2.76 bits per heavy atom. The molecule has 21 heavy (non-hydrogen) atoms. The Hall–Kier alpha value is -1.94. The van der Waals surface area contributed by atoms with Gasteiger partial charge in [-0.3, -0.25) is 4.98 Å². The van der Waals surface area contributed by atoms with Gasteiger partial charge in [0.05, 0.1) is 24.2 Å². The number of hydrogen-bond acceptors (Lipinski definition) is 4. The molecule has 2 aliphatic rings. The van der Waals surface area contributed by atoms with Crippen LogP contribution in [0.1, 0.15) is 25.5 Å². The summed E-state index contributed by atoms with van der Waals surface area (Å²) in [4.78, 5) is 11.3. The first kappa shape index (κ1) is 14.0. The molecule has 1 aromatic heterocycles. The summed E-state index contributed by atoms with van der Waals surface area (Å²) in [5.41, 5.74) is 1.54. The third-order valence-corrected chi connectivity index (χ3v) is 4.14. The lowest BCUT2D eigenvalue weighted by Gasteiger charge is -2.31. The highest BCUT2D eigenvalue weighted by Crippen LogP contribution is 2.24. The highest BCUT2D eigenvalue weighted by Gasteiger charge is 2.19. The highest BCUT2D eigenvalue weighted by molar-refractivity contribution is 5.70. The van der Waals surface area contributed by atoms with Crippen LogP contribution in [-0.4, -0.2) is 34.3 Å². The predicted octanol–water partition coefficient (Wildman–Crippen LogP) is 2.58. The van der Waals surface area contributed by atoms with Gasteiger partial charge in [0, 0.05) is 18.7 Å². The molecular formula is C17H21N3O. The number of rotatable bonds is 2. The first-order valence-corrected chi connectivity index (χ1v) is 7.54. The van der Waals surface area contributed by atoms with Crippen LogP contribution in [0, 0.1) is 5.92 Å². The molecule has 110 valence electrons. The molecule has 1 saturated heterocycles. The second kappa shape index (κ2) is 6.22. The molecule has 0 amide bonds. The molecule has 1 unspecified atom stereocenters. The first-order chi connectivity index (χ1) is 10.2. The van der Waals surface area contributed by atoms with Crippen molar-refractivity contribution in [2.45, 2.75) is 25.9 Å². The maximum Gasteiger partial charge on any atom is 0.147 e. The summed E-state index contributed by atoms with van der Waals surface area (Å²) in [6.07, 6.45) is 14.6. The van der Waals surface area contributed by atoms with E-state index in [1.165, 1.54) is 12.8 Å². The normalized spacial score (nSPS) is 23.0. The fraction of sp³-hybridized carbons (Fsp3) is 0.412. The quantitative estimate of drug-likeness (QED) is 0.906. The number of allylic oxidation sites excluding steroid dienone is 4. The van der Waals surface area contributed by atoms with Crippen molar-refractivity contribution in [3.63, 3.8) is 0 Å². The molecule has 1 aliphatic carbocycles. The van der Waals surface area contributed by atoms with Gasteiger partial charge >= 0.3 is 0 Å². The van der Waals surface area contributed by atoms with Crippen molar-refractivity contribution in [2.24, 2.45) is 5.92 Å². The van der Waals surface area contributed by atoms with Crippen molar-refractivity contribution in [2.75, 3.05) is 18.0 Å². The van der Waals surface area contributed by atoms with Crippen LogP contribution < -0.4 is 4.90 Å². The van der Waals surface area contributed by atoms with E-state index < -0.39 is 6.10 Å². The Bertz CT molecular complexity index is 583. The zero-order valence-electron chi connectivity index (χ0n) is 12.3. The van der Waals surface area contributed by atoms with Gasteiger partial charge in [0.1, 0.15) is 5.82 Å². The van der Waals surface area contributed by atoms with Crippen LogP contribution >= 0.6 is 0 Å². The van der Waals surface area contributed by atoms with Crippen LogP contribution in [0.15, 0.2) is 42.8 Å². The van der Waals surface area contributed by atoms with Crippen molar-refractivity contribution in [1.82, 2.24) is 9.97 Å². The van der Waals surface area contributed by atoms with Crippen molar-refractivity contribution in [3.8, 4) is 0 Å². The fourth-order valence-electron chi connectivity index (χ4n) is 2.72. The van der Waals surface area contributed by atoms with Gasteiger partial charge in [-0.25, -0.2) is 4.98 Å². The SMILES string of the molecule is CC1CCN(c2cncc(C3=CC=CC=CC3O)n2)CC1. The maximum atomic E-state index is 10.2. The summed E-state index contributed by atoms with van der Waals surface area (Å²) in [6.45, 7) is 4.35. The minimum Gasteiger partial charge on any atom is -0.384 e. The van der Waals surface area contributed by atoms with Gasteiger partial charge in [0.2, 0.25) is 0 Å². The molecule has 2 heterocycles. The summed E-state index contributed by atoms with van der Waals surface area (Å²) in [5, 5.41) is 10.2. The summed E-state index contributed by atoms with van der Waals surface area (Å²) < 4.78 is 0. The summed E-state index contributed by atoms with van der Waals surface area (Å²) >= 11 is 0. The Morgan fingerprint density at radius 1 is 1.14 bits per heavy atom. The van der Waals surface area contributed by atoms with E-state index in [2.05, 4.69) is 16.8 Å². The standard InChI is InChI=1S/C17H21N3O/c1-13-7-9-20(10-8-13)17-12-18-11-15(19-17)14-5-3-2-4-6-16(14)21/h2-6,11-13,16,21H,7-10H2,1H3. The highest BCUT2D eigenvalue weighted by atomic mass is 16.3. The average Bonchev–Trinajstić information content (AvgIpc) is 2.73. The van der Waals surface area contributed by atoms with Gasteiger partial charge in [-0.15, -0.1) is 0 Å². The number of nitrogens with zero attached hydrogens (tertiary/aromatic N) is 3. The Labute approximate surface area is 125 Å². The van der Waals surface area contributed by atoms with E-state index in [9.17, 15) is 5.11 Å². The minimum absolute atomic E-state index is 0.633. The second-order valence-corrected chi connectivity index (χ2v) is 5.77. The minimum atomic E-state index is -0.633. The average molecular weight is 283 g/mol. The molecule has 0 spiro atoms. The van der Waals surface area contributed by atoms with Crippen molar-refractivity contribution in [1.29, 1.82) is 0 Å². The zero-order chi connectivity index (χ0) is 14.7. The molecule has 1 atom stereocenters. The van der Waals surface area contributed by atoms with Gasteiger partial charge < -0.3 is 10.0 Å². The van der Waals surface area contributed by atoms with Crippen LogP contribution in [0.5, 0.6) is 0 Å². The molecule has 4 nitrogen and oxygen atoms in total. The van der Waals surface area contributed by atoms with Gasteiger partial charge in [-0.1, -0.05) is 37.3 Å². The van der Waals surface area contributed by atoms with E-state index in [4.69, 9.17) is 4.98 Å². The Balaban J connectivity index is 1.85. The molecule has 0 aromatic carbocycles. The number of aromatic nitrogens is 2. The number of piperidine rings is 1. The van der Waals surface area contributed by atoms with Crippen LogP contribution in [0.25, 0.3) is 5.57 Å². The molecule has 0 radical (unpaired) electrons. The van der Waals surface area contributed by atoms with Gasteiger partial charge in [-0.2, -0.15) is 0 Å². The van der Waals surface area contributed by atoms with Crippen LogP contribution in [0.2, 0.25) is 0 Å². The van der Waals surface area contributed by atoms with E-state index in [1.807, 2.05) is 30.5 Å². The number of hydrogen-bond donors (Lipinski definition) is 1. The largest absolute Gasteiger partial charge is 0.384 e. The van der Waals surface area contributed by atoms with Crippen molar-refractivity contribution >= 4 is 11.4 Å². The fourth-order valence-corrected chi connectivity index (χ4v) is 2.72.